The molecule has 1 aromatic carbocycles. The highest BCUT2D eigenvalue weighted by Crippen LogP contribution is 2.11. The molecular weight excluding hydrogens is 314 g/mol. The Morgan fingerprint density at radius 2 is 1.91 bits per heavy atom. The Bertz CT molecular complexity index is 698. The summed E-state index contributed by atoms with van der Waals surface area (Å²) in [4.78, 5) is 35.7. The van der Waals surface area contributed by atoms with Gasteiger partial charge in [-0.25, -0.2) is 0 Å². The second-order valence-electron chi connectivity index (χ2n) is 4.69. The predicted molar refractivity (Wildman–Crippen MR) is 89.7 cm³/mol. The van der Waals surface area contributed by atoms with Crippen LogP contribution in [0.4, 0.5) is 5.69 Å². The van der Waals surface area contributed by atoms with Gasteiger partial charge in [-0.1, -0.05) is 12.1 Å². The van der Waals surface area contributed by atoms with Crippen LogP contribution in [0.5, 0.6) is 0 Å². The maximum absolute atomic E-state index is 11.9. The molecule has 0 fully saturated rings. The SMILES string of the molecule is CNC(=O)c1cccc(NC(=O)CCNC(=O)c2cccs2)c1. The van der Waals surface area contributed by atoms with Crippen LogP contribution in [-0.4, -0.2) is 31.3 Å². The fourth-order valence-corrected chi connectivity index (χ4v) is 2.53. The van der Waals surface area contributed by atoms with E-state index in [9.17, 15) is 14.4 Å². The molecule has 0 saturated heterocycles. The standard InChI is InChI=1S/C16H17N3O3S/c1-17-15(21)11-4-2-5-12(10-11)19-14(20)7-8-18-16(22)13-6-3-9-23-13/h2-6,9-10H,7-8H2,1H3,(H,17,21)(H,18,22)(H,19,20). The van der Waals surface area contributed by atoms with Crippen molar-refractivity contribution in [2.45, 2.75) is 6.42 Å². The number of hydrogen-bond donors (Lipinski definition) is 3. The van der Waals surface area contributed by atoms with Gasteiger partial charge in [0.15, 0.2) is 0 Å². The zero-order chi connectivity index (χ0) is 16.7. The van der Waals surface area contributed by atoms with Crippen molar-refractivity contribution in [3.63, 3.8) is 0 Å². The molecule has 0 radical (unpaired) electrons. The lowest BCUT2D eigenvalue weighted by atomic mass is 10.2. The molecule has 0 aliphatic rings. The molecule has 7 heteroatoms. The lowest BCUT2D eigenvalue weighted by Crippen LogP contribution is -2.27. The Labute approximate surface area is 137 Å². The van der Waals surface area contributed by atoms with Gasteiger partial charge in [-0.2, -0.15) is 0 Å². The molecule has 0 saturated carbocycles. The van der Waals surface area contributed by atoms with Crippen LogP contribution in [0, 0.1) is 0 Å². The van der Waals surface area contributed by atoms with Crippen LogP contribution in [0.3, 0.4) is 0 Å². The van der Waals surface area contributed by atoms with Crippen LogP contribution in [0.2, 0.25) is 0 Å². The van der Waals surface area contributed by atoms with Crippen molar-refractivity contribution < 1.29 is 14.4 Å². The fourth-order valence-electron chi connectivity index (χ4n) is 1.89. The molecule has 0 aliphatic heterocycles. The number of amides is 3. The molecule has 0 bridgehead atoms. The minimum atomic E-state index is -0.231. The van der Waals surface area contributed by atoms with Gasteiger partial charge in [0.05, 0.1) is 4.88 Å². The number of thiophene rings is 1. The normalized spacial score (nSPS) is 9.96. The van der Waals surface area contributed by atoms with Crippen molar-refractivity contribution in [1.82, 2.24) is 10.6 Å². The molecule has 2 aromatic rings. The molecule has 0 aliphatic carbocycles. The molecule has 0 spiro atoms. The van der Waals surface area contributed by atoms with E-state index in [4.69, 9.17) is 0 Å². The number of carbonyl (C=O) groups is 3. The third-order valence-electron chi connectivity index (χ3n) is 3.02. The molecule has 3 N–H and O–H groups in total. The van der Waals surface area contributed by atoms with Crippen LogP contribution in [0.15, 0.2) is 41.8 Å². The molecule has 3 amide bonds. The summed E-state index contributed by atoms with van der Waals surface area (Å²) in [6.07, 6.45) is 0.154. The van der Waals surface area contributed by atoms with E-state index >= 15 is 0 Å². The van der Waals surface area contributed by atoms with Crippen molar-refractivity contribution in [3.8, 4) is 0 Å². The van der Waals surface area contributed by atoms with Crippen molar-refractivity contribution >= 4 is 34.7 Å². The summed E-state index contributed by atoms with van der Waals surface area (Å²) in [7, 11) is 1.55. The fraction of sp³-hybridized carbons (Fsp3) is 0.188. The third-order valence-corrected chi connectivity index (χ3v) is 3.89. The first-order valence-corrected chi connectivity index (χ1v) is 7.92. The van der Waals surface area contributed by atoms with Gasteiger partial charge in [-0.15, -0.1) is 11.3 Å². The second-order valence-corrected chi connectivity index (χ2v) is 5.64. The van der Waals surface area contributed by atoms with Gasteiger partial charge in [0, 0.05) is 31.3 Å². The lowest BCUT2D eigenvalue weighted by molar-refractivity contribution is -0.116. The van der Waals surface area contributed by atoms with Crippen molar-refractivity contribution in [3.05, 3.63) is 52.2 Å². The van der Waals surface area contributed by atoms with Crippen molar-refractivity contribution in [2.24, 2.45) is 0 Å². The smallest absolute Gasteiger partial charge is 0.261 e. The maximum atomic E-state index is 11.9. The molecule has 23 heavy (non-hydrogen) atoms. The summed E-state index contributed by atoms with van der Waals surface area (Å²) in [5.74, 6) is -0.635. The summed E-state index contributed by atoms with van der Waals surface area (Å²) >= 11 is 1.35. The molecule has 0 unspecified atom stereocenters. The molecule has 6 nitrogen and oxygen atoms in total. The Hall–Kier alpha value is -2.67. The topological polar surface area (TPSA) is 87.3 Å². The summed E-state index contributed by atoms with van der Waals surface area (Å²) in [5.41, 5.74) is 1.01. The van der Waals surface area contributed by atoms with Crippen LogP contribution in [-0.2, 0) is 4.79 Å². The minimum absolute atomic E-state index is 0.154. The van der Waals surface area contributed by atoms with Crippen molar-refractivity contribution in [1.29, 1.82) is 0 Å². The highest BCUT2D eigenvalue weighted by atomic mass is 32.1. The Balaban J connectivity index is 1.81. The highest BCUT2D eigenvalue weighted by Gasteiger charge is 2.09. The molecule has 1 heterocycles. The van der Waals surface area contributed by atoms with Gasteiger partial charge in [0.2, 0.25) is 5.91 Å². The largest absolute Gasteiger partial charge is 0.355 e. The highest BCUT2D eigenvalue weighted by molar-refractivity contribution is 7.12. The van der Waals surface area contributed by atoms with Crippen LogP contribution in [0.1, 0.15) is 26.5 Å². The first-order valence-electron chi connectivity index (χ1n) is 7.04. The molecular formula is C16H17N3O3S. The van der Waals surface area contributed by atoms with Crippen molar-refractivity contribution in [2.75, 3.05) is 18.9 Å². The zero-order valence-electron chi connectivity index (χ0n) is 12.6. The number of benzene rings is 1. The number of nitrogens with one attached hydrogen (secondary N) is 3. The van der Waals surface area contributed by atoms with Crippen LogP contribution < -0.4 is 16.0 Å². The number of hydrogen-bond acceptors (Lipinski definition) is 4. The van der Waals surface area contributed by atoms with Gasteiger partial charge in [-0.3, -0.25) is 14.4 Å². The monoisotopic (exact) mass is 331 g/mol. The van der Waals surface area contributed by atoms with Gasteiger partial charge in [-0.05, 0) is 29.6 Å². The third kappa shape index (κ3) is 4.93. The van der Waals surface area contributed by atoms with E-state index in [1.807, 2.05) is 5.38 Å². The average Bonchev–Trinajstić information content (AvgIpc) is 3.08. The quantitative estimate of drug-likeness (QED) is 0.755. The number of anilines is 1. The van der Waals surface area contributed by atoms with Gasteiger partial charge in [0.25, 0.3) is 11.8 Å². The molecule has 2 rings (SSSR count). The van der Waals surface area contributed by atoms with E-state index in [0.717, 1.165) is 0 Å². The minimum Gasteiger partial charge on any atom is -0.355 e. The summed E-state index contributed by atoms with van der Waals surface area (Å²) in [6, 6.07) is 10.2. The van der Waals surface area contributed by atoms with Crippen LogP contribution in [0.25, 0.3) is 0 Å². The van der Waals surface area contributed by atoms with Gasteiger partial charge < -0.3 is 16.0 Å². The number of carbonyl (C=O) groups excluding carboxylic acids is 3. The van der Waals surface area contributed by atoms with Crippen LogP contribution >= 0.6 is 11.3 Å². The molecule has 120 valence electrons. The molecule has 0 atom stereocenters. The van der Waals surface area contributed by atoms with E-state index < -0.39 is 0 Å². The van der Waals surface area contributed by atoms with Gasteiger partial charge >= 0.3 is 0 Å². The predicted octanol–water partition coefficient (Wildman–Crippen LogP) is 1.87. The summed E-state index contributed by atoms with van der Waals surface area (Å²) in [5, 5.41) is 9.73. The van der Waals surface area contributed by atoms with E-state index in [-0.39, 0.29) is 30.7 Å². The number of rotatable bonds is 6. The Morgan fingerprint density at radius 3 is 2.61 bits per heavy atom. The molecule has 1 aromatic heterocycles. The lowest BCUT2D eigenvalue weighted by Gasteiger charge is -2.07. The Kier molecular flexibility index (Phi) is 5.87. The Morgan fingerprint density at radius 1 is 1.09 bits per heavy atom. The van der Waals surface area contributed by atoms with E-state index in [2.05, 4.69) is 16.0 Å². The summed E-state index contributed by atoms with van der Waals surface area (Å²) in [6.45, 7) is 0.248. The van der Waals surface area contributed by atoms with E-state index in [0.29, 0.717) is 16.1 Å². The maximum Gasteiger partial charge on any atom is 0.261 e. The first-order chi connectivity index (χ1) is 11.1. The van der Waals surface area contributed by atoms with Gasteiger partial charge in [0.1, 0.15) is 0 Å². The van der Waals surface area contributed by atoms with E-state index in [1.54, 1.807) is 43.4 Å². The summed E-state index contributed by atoms with van der Waals surface area (Å²) < 4.78 is 0. The zero-order valence-corrected chi connectivity index (χ0v) is 13.4. The average molecular weight is 331 g/mol. The first kappa shape index (κ1) is 16.7. The second kappa shape index (κ2) is 8.09. The van der Waals surface area contributed by atoms with E-state index in [1.165, 1.54) is 11.3 Å².